The molecular formula is C25H24NNaO12. The zero-order valence-corrected chi connectivity index (χ0v) is 22.9. The van der Waals surface area contributed by atoms with E-state index in [1.165, 1.54) is 18.2 Å². The normalized spacial score (nSPS) is 25.4. The number of carbonyl (C=O) groups excluding carboxylic acids is 4. The van der Waals surface area contributed by atoms with Crippen LogP contribution in [0.5, 0.6) is 11.5 Å². The number of hydrogen-bond donors (Lipinski definition) is 6. The van der Waals surface area contributed by atoms with Gasteiger partial charge in [0.25, 0.3) is 5.79 Å². The number of aliphatic carboxylic acids is 1. The number of phenols is 1. The van der Waals surface area contributed by atoms with E-state index >= 15 is 0 Å². The Labute approximate surface area is 243 Å². The molecule has 1 saturated heterocycles. The number of amides is 1. The van der Waals surface area contributed by atoms with Crippen molar-refractivity contribution in [3.63, 3.8) is 0 Å². The molecule has 2 aromatic rings. The molecule has 2 aromatic carbocycles. The van der Waals surface area contributed by atoms with E-state index in [0.717, 1.165) is 19.1 Å². The van der Waals surface area contributed by atoms with Gasteiger partial charge in [0.15, 0.2) is 23.1 Å². The fraction of sp³-hybridized carbons (Fsp3) is 0.360. The van der Waals surface area contributed by atoms with Gasteiger partial charge >= 0.3 is 29.6 Å². The number of phenolic OH excluding ortho intramolecular Hbond substituents is 1. The predicted molar refractivity (Wildman–Crippen MR) is 122 cm³/mol. The predicted octanol–water partition coefficient (Wildman–Crippen LogP) is -5.63. The van der Waals surface area contributed by atoms with Crippen LogP contribution in [0.2, 0.25) is 0 Å². The topological polar surface area (TPSA) is 223 Å². The molecule has 39 heavy (non-hydrogen) atoms. The van der Waals surface area contributed by atoms with Crippen molar-refractivity contribution in [2.75, 3.05) is 6.61 Å². The van der Waals surface area contributed by atoms with E-state index in [4.69, 9.17) is 9.47 Å². The number of ether oxygens (including phenoxy) is 2. The van der Waals surface area contributed by atoms with Crippen LogP contribution in [-0.2, 0) is 14.3 Å². The van der Waals surface area contributed by atoms with Gasteiger partial charge in [-0.3, -0.25) is 14.4 Å². The fourth-order valence-corrected chi connectivity index (χ4v) is 4.63. The van der Waals surface area contributed by atoms with Gasteiger partial charge in [-0.1, -0.05) is 24.3 Å². The van der Waals surface area contributed by atoms with Gasteiger partial charge in [0.2, 0.25) is 5.91 Å². The van der Waals surface area contributed by atoms with E-state index in [-0.39, 0.29) is 46.2 Å². The summed E-state index contributed by atoms with van der Waals surface area (Å²) in [6, 6.07) is 6.62. The van der Waals surface area contributed by atoms with Crippen molar-refractivity contribution < 1.29 is 88.8 Å². The van der Waals surface area contributed by atoms with Crippen LogP contribution in [0.4, 0.5) is 0 Å². The van der Waals surface area contributed by atoms with Gasteiger partial charge < -0.3 is 50.2 Å². The Morgan fingerprint density at radius 3 is 2.31 bits per heavy atom. The molecule has 1 aliphatic heterocycles. The monoisotopic (exact) mass is 553 g/mol. The van der Waals surface area contributed by atoms with Crippen LogP contribution in [0.15, 0.2) is 36.4 Å². The second-order valence-corrected chi connectivity index (χ2v) is 9.00. The molecule has 0 bridgehead atoms. The first-order valence-electron chi connectivity index (χ1n) is 11.5. The number of ketones is 2. The van der Waals surface area contributed by atoms with Gasteiger partial charge in [0, 0.05) is 30.0 Å². The molecule has 202 valence electrons. The third-order valence-electron chi connectivity index (χ3n) is 6.48. The largest absolute Gasteiger partial charge is 1.00 e. The van der Waals surface area contributed by atoms with E-state index in [1.807, 2.05) is 0 Å². The van der Waals surface area contributed by atoms with Crippen LogP contribution >= 0.6 is 0 Å². The fourth-order valence-electron chi connectivity index (χ4n) is 4.63. The number of aliphatic hydroxyl groups excluding tert-OH is 4. The first-order chi connectivity index (χ1) is 17.9. The summed E-state index contributed by atoms with van der Waals surface area (Å²) < 4.78 is 10.9. The number of carbonyl (C=O) groups is 4. The Balaban J connectivity index is 0.00000420. The van der Waals surface area contributed by atoms with Crippen LogP contribution in [0.3, 0.4) is 0 Å². The summed E-state index contributed by atoms with van der Waals surface area (Å²) in [6.45, 7) is 0.101. The van der Waals surface area contributed by atoms with Crippen LogP contribution in [-0.4, -0.2) is 91.8 Å². The van der Waals surface area contributed by atoms with Gasteiger partial charge in [-0.05, 0) is 12.1 Å². The van der Waals surface area contributed by atoms with Gasteiger partial charge in [0.1, 0.15) is 24.3 Å². The van der Waals surface area contributed by atoms with E-state index in [2.05, 4.69) is 5.32 Å². The Morgan fingerprint density at radius 1 is 1.13 bits per heavy atom. The van der Waals surface area contributed by atoms with E-state index in [1.54, 1.807) is 6.07 Å². The second kappa shape index (κ2) is 11.7. The molecule has 0 spiro atoms. The summed E-state index contributed by atoms with van der Waals surface area (Å²) in [5.41, 5.74) is -0.475. The number of benzene rings is 2. The minimum absolute atomic E-state index is 0. The second-order valence-electron chi connectivity index (χ2n) is 9.00. The van der Waals surface area contributed by atoms with Crippen molar-refractivity contribution in [1.29, 1.82) is 0 Å². The zero-order valence-electron chi connectivity index (χ0n) is 20.9. The molecule has 13 nitrogen and oxygen atoms in total. The minimum Gasteiger partial charge on any atom is -0.543 e. The number of nitrogens with one attached hydrogen (secondary N) is 1. The van der Waals surface area contributed by atoms with Crippen molar-refractivity contribution in [2.24, 2.45) is 0 Å². The van der Waals surface area contributed by atoms with Crippen molar-refractivity contribution >= 4 is 23.4 Å². The van der Waals surface area contributed by atoms with Crippen molar-refractivity contribution in [2.45, 2.75) is 49.6 Å². The van der Waals surface area contributed by atoms with Gasteiger partial charge in [-0.15, -0.1) is 0 Å². The van der Waals surface area contributed by atoms with E-state index in [0.29, 0.717) is 0 Å². The minimum atomic E-state index is -2.92. The third kappa shape index (κ3) is 5.44. The van der Waals surface area contributed by atoms with E-state index < -0.39 is 89.8 Å². The number of rotatable bonds is 7. The molecule has 6 N–H and O–H groups in total. The standard InChI is InChI=1S/C25H25NO12.Na/c1-10(28)26-18-14(29)8-25(24(35)36,38-23(18)21(33)15(30)9-27)37-16-7-6-13-17(22(16)34)20(32)12-5-3-2-4-11(12)19(13)31;/h2-7,14-15,18,21,23,27,29-30,33-34H,8-9H2,1H3,(H,26,28)(H,35,36);/q;+1/p-1/t14?,15-,18?,21-,23?,25?;/m1./s1. The quantitative estimate of drug-likeness (QED) is 0.151. The molecule has 1 aliphatic carbocycles. The summed E-state index contributed by atoms with van der Waals surface area (Å²) in [6.07, 6.45) is -8.40. The van der Waals surface area contributed by atoms with Crippen molar-refractivity contribution in [3.8, 4) is 11.5 Å². The molecule has 4 unspecified atom stereocenters. The van der Waals surface area contributed by atoms with Crippen molar-refractivity contribution in [3.05, 3.63) is 58.7 Å². The smallest absolute Gasteiger partial charge is 0.543 e. The number of aliphatic hydroxyl groups is 4. The van der Waals surface area contributed by atoms with E-state index in [9.17, 15) is 49.8 Å². The number of carboxylic acids is 1. The molecule has 1 fully saturated rings. The maximum Gasteiger partial charge on any atom is 1.00 e. The zero-order chi connectivity index (χ0) is 27.9. The van der Waals surface area contributed by atoms with Gasteiger partial charge in [0.05, 0.1) is 24.3 Å². The molecular weight excluding hydrogens is 529 g/mol. The average molecular weight is 553 g/mol. The first kappa shape index (κ1) is 30.7. The number of fused-ring (bicyclic) bond motifs is 2. The number of hydrogen-bond acceptors (Lipinski definition) is 12. The molecule has 1 heterocycles. The number of carboxylic acid groups (broad SMARTS) is 1. The Bertz CT molecular complexity index is 1320. The molecule has 2 aliphatic rings. The summed E-state index contributed by atoms with van der Waals surface area (Å²) in [5.74, 6) is -8.48. The van der Waals surface area contributed by atoms with Crippen LogP contribution in [0, 0.1) is 0 Å². The Morgan fingerprint density at radius 2 is 1.74 bits per heavy atom. The van der Waals surface area contributed by atoms with Crippen molar-refractivity contribution in [1.82, 2.24) is 5.32 Å². The SMILES string of the molecule is CC(=O)NC1C(O)CC(Oc2ccc3c(c2O)C(=O)c2ccccc2C3=O)(C(=O)[O-])OC1[C@H](O)[C@H](O)CO.[Na+]. The molecule has 0 aromatic heterocycles. The van der Waals surface area contributed by atoms with Crippen LogP contribution < -0.4 is 44.7 Å². The Hall–Kier alpha value is -2.88. The first-order valence-corrected chi connectivity index (χ1v) is 11.5. The molecule has 1 amide bonds. The Kier molecular flexibility index (Phi) is 9.20. The molecule has 14 heteroatoms. The maximum absolute atomic E-state index is 13.1. The average Bonchev–Trinajstić information content (AvgIpc) is 2.88. The summed E-state index contributed by atoms with van der Waals surface area (Å²) in [4.78, 5) is 49.9. The third-order valence-corrected chi connectivity index (χ3v) is 6.48. The molecule has 0 saturated carbocycles. The summed E-state index contributed by atoms with van der Waals surface area (Å²) in [7, 11) is 0. The summed E-state index contributed by atoms with van der Waals surface area (Å²) >= 11 is 0. The van der Waals surface area contributed by atoms with Crippen LogP contribution in [0.25, 0.3) is 0 Å². The maximum atomic E-state index is 13.1. The number of aromatic hydroxyl groups is 1. The molecule has 4 rings (SSSR count). The van der Waals surface area contributed by atoms with Crippen LogP contribution in [0.1, 0.15) is 45.2 Å². The summed E-state index contributed by atoms with van der Waals surface area (Å²) in [5, 5.41) is 65.9. The van der Waals surface area contributed by atoms with Gasteiger partial charge in [-0.25, -0.2) is 0 Å². The van der Waals surface area contributed by atoms with Gasteiger partial charge in [-0.2, -0.15) is 0 Å². The molecule has 0 radical (unpaired) electrons. The molecule has 6 atom stereocenters.